The number of morpholine rings is 1. The summed E-state index contributed by atoms with van der Waals surface area (Å²) in [6.07, 6.45) is 1.87. The minimum Gasteiger partial charge on any atom is -0.379 e. The zero-order chi connectivity index (χ0) is 21.3. The van der Waals surface area contributed by atoms with Crippen LogP contribution in [0.5, 0.6) is 0 Å². The number of nitrogens with one attached hydrogen (secondary N) is 3. The molecule has 0 bridgehead atoms. The van der Waals surface area contributed by atoms with Gasteiger partial charge in [-0.1, -0.05) is 13.8 Å². The molecule has 2 fully saturated rings. The quantitative estimate of drug-likeness (QED) is 0.336. The fraction of sp³-hybridized carbons (Fsp3) is 0.895. The summed E-state index contributed by atoms with van der Waals surface area (Å²) in [5.41, 5.74) is 0. The van der Waals surface area contributed by atoms with Gasteiger partial charge in [-0.05, 0) is 18.8 Å². The first kappa shape index (κ1) is 23.9. The van der Waals surface area contributed by atoms with E-state index in [4.69, 9.17) is 4.74 Å². The van der Waals surface area contributed by atoms with Gasteiger partial charge in [0.15, 0.2) is 15.8 Å². The maximum absolute atomic E-state index is 12.0. The van der Waals surface area contributed by atoms with Gasteiger partial charge < -0.3 is 20.7 Å². The normalized spacial score (nSPS) is 23.7. The lowest BCUT2D eigenvalue weighted by Gasteiger charge is -2.35. The molecule has 2 aliphatic rings. The van der Waals surface area contributed by atoms with E-state index in [0.717, 1.165) is 39.3 Å². The zero-order valence-electron chi connectivity index (χ0n) is 17.9. The molecule has 0 radical (unpaired) electrons. The van der Waals surface area contributed by atoms with E-state index in [0.29, 0.717) is 30.9 Å². The molecule has 0 saturated carbocycles. The number of amides is 1. The SMILES string of the molecule is CN=C(NCCC(=O)NC1CCS(=O)(=O)C1)NCC(CC(C)C)N1CCOCC1. The molecule has 29 heavy (non-hydrogen) atoms. The largest absolute Gasteiger partial charge is 0.379 e. The molecule has 2 heterocycles. The second-order valence-corrected chi connectivity index (χ2v) is 10.5. The molecule has 0 aromatic carbocycles. The van der Waals surface area contributed by atoms with E-state index < -0.39 is 9.84 Å². The number of carbonyl (C=O) groups is 1. The summed E-state index contributed by atoms with van der Waals surface area (Å²) in [5.74, 6) is 1.34. The first-order chi connectivity index (χ1) is 13.8. The summed E-state index contributed by atoms with van der Waals surface area (Å²) in [6.45, 7) is 9.13. The van der Waals surface area contributed by atoms with Crippen LogP contribution < -0.4 is 16.0 Å². The van der Waals surface area contributed by atoms with Gasteiger partial charge in [-0.3, -0.25) is 14.7 Å². The number of sulfone groups is 1. The summed E-state index contributed by atoms with van der Waals surface area (Å²) < 4.78 is 28.4. The average molecular weight is 432 g/mol. The van der Waals surface area contributed by atoms with Crippen molar-refractivity contribution in [2.75, 3.05) is 57.9 Å². The van der Waals surface area contributed by atoms with Gasteiger partial charge in [0.1, 0.15) is 0 Å². The van der Waals surface area contributed by atoms with Crippen LogP contribution in [0.25, 0.3) is 0 Å². The Kier molecular flexibility index (Phi) is 9.64. The Labute approximate surface area is 175 Å². The van der Waals surface area contributed by atoms with E-state index in [1.54, 1.807) is 7.05 Å². The van der Waals surface area contributed by atoms with Crippen LogP contribution in [0.3, 0.4) is 0 Å². The highest BCUT2D eigenvalue weighted by Crippen LogP contribution is 2.13. The van der Waals surface area contributed by atoms with Crippen LogP contribution in [0.15, 0.2) is 4.99 Å². The highest BCUT2D eigenvalue weighted by Gasteiger charge is 2.28. The Hall–Kier alpha value is -1.39. The molecule has 0 aromatic rings. The van der Waals surface area contributed by atoms with Crippen molar-refractivity contribution in [1.82, 2.24) is 20.9 Å². The monoisotopic (exact) mass is 431 g/mol. The summed E-state index contributed by atoms with van der Waals surface area (Å²) in [7, 11) is -1.27. The minimum absolute atomic E-state index is 0.0498. The third-order valence-electron chi connectivity index (χ3n) is 5.28. The summed E-state index contributed by atoms with van der Waals surface area (Å²) >= 11 is 0. The summed E-state index contributed by atoms with van der Waals surface area (Å²) in [4.78, 5) is 18.8. The molecule has 168 valence electrons. The van der Waals surface area contributed by atoms with Crippen LogP contribution in [-0.4, -0.2) is 95.2 Å². The maximum atomic E-state index is 12.0. The van der Waals surface area contributed by atoms with Crippen molar-refractivity contribution in [3.05, 3.63) is 0 Å². The van der Waals surface area contributed by atoms with E-state index in [-0.39, 0.29) is 29.9 Å². The smallest absolute Gasteiger partial charge is 0.222 e. The Morgan fingerprint density at radius 2 is 1.97 bits per heavy atom. The number of hydrogen-bond donors (Lipinski definition) is 3. The predicted octanol–water partition coefficient (Wildman–Crippen LogP) is -0.408. The van der Waals surface area contributed by atoms with Crippen molar-refractivity contribution in [1.29, 1.82) is 0 Å². The second kappa shape index (κ2) is 11.7. The molecule has 2 unspecified atom stereocenters. The highest BCUT2D eigenvalue weighted by molar-refractivity contribution is 7.91. The summed E-state index contributed by atoms with van der Waals surface area (Å²) in [6, 6.07) is 0.153. The van der Waals surface area contributed by atoms with Gasteiger partial charge in [-0.2, -0.15) is 0 Å². The predicted molar refractivity (Wildman–Crippen MR) is 115 cm³/mol. The fourth-order valence-electron chi connectivity index (χ4n) is 3.79. The van der Waals surface area contributed by atoms with Gasteiger partial charge in [0.2, 0.25) is 5.91 Å². The van der Waals surface area contributed by atoms with E-state index >= 15 is 0 Å². The third-order valence-corrected chi connectivity index (χ3v) is 7.04. The van der Waals surface area contributed by atoms with Crippen molar-refractivity contribution in [2.24, 2.45) is 10.9 Å². The topological polar surface area (TPSA) is 112 Å². The molecule has 2 aliphatic heterocycles. The van der Waals surface area contributed by atoms with Gasteiger partial charge in [0.05, 0.1) is 24.7 Å². The molecule has 2 atom stereocenters. The molecular formula is C19H37N5O4S. The summed E-state index contributed by atoms with van der Waals surface area (Å²) in [5, 5.41) is 9.35. The molecule has 0 aromatic heterocycles. The lowest BCUT2D eigenvalue weighted by molar-refractivity contribution is -0.121. The van der Waals surface area contributed by atoms with Crippen LogP contribution in [0, 0.1) is 5.92 Å². The lowest BCUT2D eigenvalue weighted by atomic mass is 10.0. The molecule has 0 spiro atoms. The number of rotatable bonds is 9. The molecule has 0 aliphatic carbocycles. The van der Waals surface area contributed by atoms with Crippen molar-refractivity contribution >= 4 is 21.7 Å². The van der Waals surface area contributed by atoms with Crippen molar-refractivity contribution < 1.29 is 17.9 Å². The van der Waals surface area contributed by atoms with E-state index in [2.05, 4.69) is 39.7 Å². The molecule has 3 N–H and O–H groups in total. The molecule has 2 saturated heterocycles. The number of guanidine groups is 1. The minimum atomic E-state index is -2.98. The molecule has 1 amide bonds. The fourth-order valence-corrected chi connectivity index (χ4v) is 5.46. The number of nitrogens with zero attached hydrogens (tertiary/aromatic N) is 2. The highest BCUT2D eigenvalue weighted by atomic mass is 32.2. The van der Waals surface area contributed by atoms with Crippen LogP contribution >= 0.6 is 0 Å². The van der Waals surface area contributed by atoms with E-state index in [1.165, 1.54) is 0 Å². The maximum Gasteiger partial charge on any atom is 0.222 e. The van der Waals surface area contributed by atoms with Crippen molar-refractivity contribution in [3.8, 4) is 0 Å². The average Bonchev–Trinajstić information content (AvgIpc) is 3.01. The lowest BCUT2D eigenvalue weighted by Crippen LogP contribution is -2.51. The Bertz CT molecular complexity index is 647. The van der Waals surface area contributed by atoms with Gasteiger partial charge in [-0.25, -0.2) is 8.42 Å². The number of carbonyl (C=O) groups excluding carboxylic acids is 1. The standard InChI is InChI=1S/C19H37N5O4S/c1-15(2)12-17(24-7-9-28-10-8-24)13-22-19(20-3)21-6-4-18(25)23-16-5-11-29(26,27)14-16/h15-17H,4-14H2,1-3H3,(H,23,25)(H2,20,21,22). The third kappa shape index (κ3) is 8.88. The van der Waals surface area contributed by atoms with Gasteiger partial charge in [-0.15, -0.1) is 0 Å². The van der Waals surface area contributed by atoms with Crippen molar-refractivity contribution in [2.45, 2.75) is 45.2 Å². The van der Waals surface area contributed by atoms with Gasteiger partial charge in [0.25, 0.3) is 0 Å². The van der Waals surface area contributed by atoms with Crippen LogP contribution in [0.1, 0.15) is 33.1 Å². The van der Waals surface area contributed by atoms with Gasteiger partial charge in [0, 0.05) is 51.7 Å². The van der Waals surface area contributed by atoms with Crippen LogP contribution in [0.2, 0.25) is 0 Å². The van der Waals surface area contributed by atoms with Crippen molar-refractivity contribution in [3.63, 3.8) is 0 Å². The van der Waals surface area contributed by atoms with E-state index in [1.807, 2.05) is 0 Å². The number of hydrogen-bond acceptors (Lipinski definition) is 6. The zero-order valence-corrected chi connectivity index (χ0v) is 18.8. The Morgan fingerprint density at radius 1 is 1.24 bits per heavy atom. The number of aliphatic imine (C=N–C) groups is 1. The van der Waals surface area contributed by atoms with Crippen LogP contribution in [-0.2, 0) is 19.4 Å². The Morgan fingerprint density at radius 3 is 2.55 bits per heavy atom. The number of ether oxygens (including phenoxy) is 1. The molecule has 2 rings (SSSR count). The molecule has 10 heteroatoms. The Balaban J connectivity index is 1.71. The van der Waals surface area contributed by atoms with Gasteiger partial charge >= 0.3 is 0 Å². The van der Waals surface area contributed by atoms with E-state index in [9.17, 15) is 13.2 Å². The molecular weight excluding hydrogens is 394 g/mol. The first-order valence-electron chi connectivity index (χ1n) is 10.5. The molecule has 9 nitrogen and oxygen atoms in total. The first-order valence-corrected chi connectivity index (χ1v) is 12.4. The van der Waals surface area contributed by atoms with Crippen LogP contribution in [0.4, 0.5) is 0 Å². The second-order valence-electron chi connectivity index (χ2n) is 8.23.